The molecule has 1 aliphatic heterocycles. The molecule has 5 heteroatoms. The maximum absolute atomic E-state index is 12.0. The molecular weight excluding hydrogens is 222 g/mol. The van der Waals surface area contributed by atoms with Crippen molar-refractivity contribution in [3.05, 3.63) is 23.8 Å². The van der Waals surface area contributed by atoms with Crippen LogP contribution in [0.15, 0.2) is 18.2 Å². The first-order valence-electron chi connectivity index (χ1n) is 5.39. The third-order valence-corrected chi connectivity index (χ3v) is 2.85. The number of hydrogen-bond acceptors (Lipinski definition) is 5. The van der Waals surface area contributed by atoms with Crippen LogP contribution in [0.4, 0.5) is 0 Å². The highest BCUT2D eigenvalue weighted by atomic mass is 16.3. The van der Waals surface area contributed by atoms with E-state index < -0.39 is 11.7 Å². The molecule has 0 amide bonds. The zero-order chi connectivity index (χ0) is 12.4. The van der Waals surface area contributed by atoms with E-state index in [2.05, 4.69) is 5.32 Å². The predicted molar refractivity (Wildman–Crippen MR) is 60.1 cm³/mol. The largest absolute Gasteiger partial charge is 0.508 e. The molecule has 5 nitrogen and oxygen atoms in total. The lowest BCUT2D eigenvalue weighted by molar-refractivity contribution is -0.122. The van der Waals surface area contributed by atoms with Gasteiger partial charge >= 0.3 is 0 Å². The molecule has 1 atom stereocenters. The van der Waals surface area contributed by atoms with Gasteiger partial charge in [-0.15, -0.1) is 0 Å². The molecule has 0 aliphatic carbocycles. The topological polar surface area (TPSA) is 86.6 Å². The smallest absolute Gasteiger partial charge is 0.178 e. The summed E-state index contributed by atoms with van der Waals surface area (Å²) in [7, 11) is 0. The second-order valence-corrected chi connectivity index (χ2v) is 4.04. The third kappa shape index (κ3) is 2.29. The van der Waals surface area contributed by atoms with Crippen LogP contribution >= 0.6 is 0 Å². The number of hydrogen-bond donors (Lipinski definition) is 3. The summed E-state index contributed by atoms with van der Waals surface area (Å²) >= 11 is 0. The summed E-state index contributed by atoms with van der Waals surface area (Å²) < 4.78 is 0. The lowest BCUT2D eigenvalue weighted by atomic mass is 9.89. The van der Waals surface area contributed by atoms with Gasteiger partial charge in [-0.25, -0.2) is 0 Å². The van der Waals surface area contributed by atoms with Crippen LogP contribution < -0.4 is 5.32 Å². The van der Waals surface area contributed by atoms with Gasteiger partial charge in [-0.05, 0) is 12.1 Å². The number of phenols is 2. The highest BCUT2D eigenvalue weighted by Gasteiger charge is 2.30. The summed E-state index contributed by atoms with van der Waals surface area (Å²) in [6.07, 6.45) is 0.329. The molecule has 1 aliphatic rings. The monoisotopic (exact) mass is 235 g/mol. The summed E-state index contributed by atoms with van der Waals surface area (Å²) in [5.41, 5.74) is 0.0739. The highest BCUT2D eigenvalue weighted by molar-refractivity contribution is 6.12. The van der Waals surface area contributed by atoms with Crippen LogP contribution in [0.2, 0.25) is 0 Å². The normalized spacial score (nSPS) is 20.2. The summed E-state index contributed by atoms with van der Waals surface area (Å²) in [6.45, 7) is 0.891. The maximum Gasteiger partial charge on any atom is 0.178 e. The molecule has 1 fully saturated rings. The molecule has 3 N–H and O–H groups in total. The summed E-state index contributed by atoms with van der Waals surface area (Å²) in [5, 5.41) is 21.7. The van der Waals surface area contributed by atoms with Gasteiger partial charge in [-0.1, -0.05) is 0 Å². The van der Waals surface area contributed by atoms with Crippen molar-refractivity contribution in [1.82, 2.24) is 5.32 Å². The van der Waals surface area contributed by atoms with E-state index >= 15 is 0 Å². The minimum atomic E-state index is -0.737. The Morgan fingerprint density at radius 3 is 2.76 bits per heavy atom. The van der Waals surface area contributed by atoms with Gasteiger partial charge in [0.25, 0.3) is 0 Å². The van der Waals surface area contributed by atoms with Crippen molar-refractivity contribution < 1.29 is 19.8 Å². The molecule has 1 saturated heterocycles. The maximum atomic E-state index is 12.0. The molecule has 1 unspecified atom stereocenters. The first-order chi connectivity index (χ1) is 8.09. The van der Waals surface area contributed by atoms with E-state index in [1.54, 1.807) is 0 Å². The Labute approximate surface area is 98.1 Å². The van der Waals surface area contributed by atoms with Crippen LogP contribution in [-0.4, -0.2) is 34.9 Å². The van der Waals surface area contributed by atoms with Crippen LogP contribution in [0.5, 0.6) is 11.5 Å². The molecule has 17 heavy (non-hydrogen) atoms. The Morgan fingerprint density at radius 2 is 2.12 bits per heavy atom. The van der Waals surface area contributed by atoms with Crippen LogP contribution in [0.25, 0.3) is 0 Å². The van der Waals surface area contributed by atoms with E-state index in [4.69, 9.17) is 5.11 Å². The molecule has 0 spiro atoms. The molecular formula is C12H13NO4. The minimum Gasteiger partial charge on any atom is -0.508 e. The van der Waals surface area contributed by atoms with Gasteiger partial charge in [0, 0.05) is 25.6 Å². The number of phenolic OH excluding ortho intramolecular Hbond substituents is 2. The average Bonchev–Trinajstić information content (AvgIpc) is 2.29. The molecule has 0 saturated carbocycles. The summed E-state index contributed by atoms with van der Waals surface area (Å²) in [5.74, 6) is -1.67. The second-order valence-electron chi connectivity index (χ2n) is 4.04. The molecule has 1 heterocycles. The SMILES string of the molecule is O=C1CCNCC1C(=O)c1ccc(O)cc1O. The molecule has 1 aromatic carbocycles. The fraction of sp³-hybridized carbons (Fsp3) is 0.333. The van der Waals surface area contributed by atoms with E-state index in [0.717, 1.165) is 6.07 Å². The van der Waals surface area contributed by atoms with E-state index in [1.807, 2.05) is 0 Å². The number of piperidine rings is 1. The van der Waals surface area contributed by atoms with E-state index in [1.165, 1.54) is 12.1 Å². The Kier molecular flexibility index (Phi) is 3.10. The molecule has 0 radical (unpaired) electrons. The van der Waals surface area contributed by atoms with Crippen LogP contribution in [-0.2, 0) is 4.79 Å². The van der Waals surface area contributed by atoms with Gasteiger partial charge < -0.3 is 15.5 Å². The molecule has 2 rings (SSSR count). The highest BCUT2D eigenvalue weighted by Crippen LogP contribution is 2.25. The standard InChI is InChI=1S/C12H13NO4/c14-7-1-2-8(11(16)5-7)12(17)9-6-13-4-3-10(9)15/h1-2,5,9,13-14,16H,3-4,6H2. The van der Waals surface area contributed by atoms with Crippen molar-refractivity contribution in [2.24, 2.45) is 5.92 Å². The quantitative estimate of drug-likeness (QED) is 0.512. The van der Waals surface area contributed by atoms with Crippen molar-refractivity contribution in [3.63, 3.8) is 0 Å². The molecule has 0 bridgehead atoms. The molecule has 90 valence electrons. The van der Waals surface area contributed by atoms with E-state index in [0.29, 0.717) is 19.5 Å². The number of ketones is 2. The molecule has 0 aromatic heterocycles. The number of rotatable bonds is 2. The van der Waals surface area contributed by atoms with Gasteiger partial charge in [0.05, 0.1) is 11.5 Å². The van der Waals surface area contributed by atoms with Crippen molar-refractivity contribution in [1.29, 1.82) is 0 Å². The number of benzene rings is 1. The number of carbonyl (C=O) groups is 2. The predicted octanol–water partition coefficient (Wildman–Crippen LogP) is 0.459. The first kappa shape index (κ1) is 11.6. The van der Waals surface area contributed by atoms with Gasteiger partial charge in [-0.3, -0.25) is 9.59 Å². The number of carbonyl (C=O) groups excluding carboxylic acids is 2. The number of nitrogens with one attached hydrogen (secondary N) is 1. The van der Waals surface area contributed by atoms with E-state index in [9.17, 15) is 14.7 Å². The van der Waals surface area contributed by atoms with Gasteiger partial charge in [-0.2, -0.15) is 0 Å². The number of aromatic hydroxyl groups is 2. The van der Waals surface area contributed by atoms with Crippen molar-refractivity contribution in [2.45, 2.75) is 6.42 Å². The lowest BCUT2D eigenvalue weighted by Gasteiger charge is -2.20. The van der Waals surface area contributed by atoms with Crippen LogP contribution in [0, 0.1) is 5.92 Å². The Morgan fingerprint density at radius 1 is 1.35 bits per heavy atom. The zero-order valence-corrected chi connectivity index (χ0v) is 9.14. The van der Waals surface area contributed by atoms with Gasteiger partial charge in [0.1, 0.15) is 17.3 Å². The van der Waals surface area contributed by atoms with Crippen molar-refractivity contribution >= 4 is 11.6 Å². The minimum absolute atomic E-state index is 0.0739. The van der Waals surface area contributed by atoms with Crippen LogP contribution in [0.3, 0.4) is 0 Å². The second kappa shape index (κ2) is 4.55. The zero-order valence-electron chi connectivity index (χ0n) is 9.14. The van der Waals surface area contributed by atoms with Crippen molar-refractivity contribution in [2.75, 3.05) is 13.1 Å². The fourth-order valence-corrected chi connectivity index (χ4v) is 1.90. The first-order valence-corrected chi connectivity index (χ1v) is 5.39. The summed E-state index contributed by atoms with van der Waals surface area (Å²) in [6, 6.07) is 3.73. The Hall–Kier alpha value is -1.88. The van der Waals surface area contributed by atoms with Gasteiger partial charge in [0.15, 0.2) is 5.78 Å². The fourth-order valence-electron chi connectivity index (χ4n) is 1.90. The number of Topliss-reactive ketones (excluding diaryl/α,β-unsaturated/α-hetero) is 2. The van der Waals surface area contributed by atoms with Crippen molar-refractivity contribution in [3.8, 4) is 11.5 Å². The summed E-state index contributed by atoms with van der Waals surface area (Å²) in [4.78, 5) is 23.6. The van der Waals surface area contributed by atoms with Gasteiger partial charge in [0.2, 0.25) is 0 Å². The van der Waals surface area contributed by atoms with E-state index in [-0.39, 0.29) is 22.8 Å². The third-order valence-electron chi connectivity index (χ3n) is 2.85. The average molecular weight is 235 g/mol. The molecule has 1 aromatic rings. The lowest BCUT2D eigenvalue weighted by Crippen LogP contribution is -2.41. The van der Waals surface area contributed by atoms with Crippen LogP contribution in [0.1, 0.15) is 16.8 Å². The Bertz CT molecular complexity index is 470. The Balaban J connectivity index is 2.27.